The van der Waals surface area contributed by atoms with Gasteiger partial charge in [0, 0.05) is 32.7 Å². The Kier molecular flexibility index (Phi) is 6.77. The van der Waals surface area contributed by atoms with Crippen LogP contribution in [-0.4, -0.2) is 17.1 Å². The normalized spacial score (nSPS) is 11.4. The lowest BCUT2D eigenvalue weighted by Gasteiger charge is -2.21. The van der Waals surface area contributed by atoms with Crippen LogP contribution in [0.3, 0.4) is 0 Å². The summed E-state index contributed by atoms with van der Waals surface area (Å²) in [5.74, 6) is 0. The minimum absolute atomic E-state index is 0.594. The molecule has 1 aromatic heterocycles. The molecule has 0 aliphatic carbocycles. The summed E-state index contributed by atoms with van der Waals surface area (Å²) in [5.41, 5.74) is 11.1. The van der Waals surface area contributed by atoms with Crippen molar-refractivity contribution in [2.24, 2.45) is 0 Å². The van der Waals surface area contributed by atoms with E-state index < -0.39 is 0 Å². The first-order chi connectivity index (χ1) is 24.2. The highest BCUT2D eigenvalue weighted by Gasteiger charge is 2.22. The van der Waals surface area contributed by atoms with Gasteiger partial charge in [0.05, 0.1) is 16.7 Å². The molecule has 3 nitrogen and oxygen atoms in total. The second kappa shape index (κ2) is 11.6. The van der Waals surface area contributed by atoms with Crippen LogP contribution in [0.5, 0.6) is 0 Å². The summed E-state index contributed by atoms with van der Waals surface area (Å²) in [6.45, 7) is 0. The maximum atomic E-state index is 12.0. The SMILES string of the molecule is O=Cc1ccc2c(c1)c1cc(C=O)ccc1n2-c1c2ccc(-c3ccccc3)cc2c(-c2ccccc2)c2ccc(-c3ccccc3)cc12. The monoisotopic (exact) mass is 627 g/mol. The third-order valence-corrected chi connectivity index (χ3v) is 9.67. The van der Waals surface area contributed by atoms with Crippen molar-refractivity contribution in [3.8, 4) is 39.1 Å². The van der Waals surface area contributed by atoms with Crippen LogP contribution in [0.4, 0.5) is 0 Å². The molecule has 0 radical (unpaired) electrons. The number of benzene rings is 8. The predicted octanol–water partition coefficient (Wildman–Crippen LogP) is 11.7. The minimum atomic E-state index is 0.594. The second-order valence-electron chi connectivity index (χ2n) is 12.5. The van der Waals surface area contributed by atoms with Crippen LogP contribution < -0.4 is 0 Å². The summed E-state index contributed by atoms with van der Waals surface area (Å²) < 4.78 is 2.32. The molecule has 0 fully saturated rings. The molecule has 0 saturated carbocycles. The van der Waals surface area contributed by atoms with Crippen molar-refractivity contribution in [3.63, 3.8) is 0 Å². The van der Waals surface area contributed by atoms with Crippen LogP contribution in [0.2, 0.25) is 0 Å². The molecule has 8 aromatic carbocycles. The lowest BCUT2D eigenvalue weighted by atomic mass is 9.87. The highest BCUT2D eigenvalue weighted by molar-refractivity contribution is 6.22. The van der Waals surface area contributed by atoms with E-state index in [-0.39, 0.29) is 0 Å². The van der Waals surface area contributed by atoms with E-state index in [0.717, 1.165) is 89.4 Å². The summed E-state index contributed by atoms with van der Waals surface area (Å²) in [5, 5.41) is 6.36. The molecule has 0 aliphatic heterocycles. The van der Waals surface area contributed by atoms with Crippen molar-refractivity contribution in [2.45, 2.75) is 0 Å². The summed E-state index contributed by atoms with van der Waals surface area (Å²) in [4.78, 5) is 23.9. The number of hydrogen-bond donors (Lipinski definition) is 0. The lowest BCUT2D eigenvalue weighted by Crippen LogP contribution is -2.00. The molecule has 0 unspecified atom stereocenters. The number of aromatic nitrogens is 1. The van der Waals surface area contributed by atoms with E-state index in [0.29, 0.717) is 11.1 Å². The molecule has 1 heterocycles. The van der Waals surface area contributed by atoms with E-state index in [1.807, 2.05) is 48.5 Å². The van der Waals surface area contributed by atoms with Crippen molar-refractivity contribution in [1.82, 2.24) is 4.57 Å². The third kappa shape index (κ3) is 4.67. The number of nitrogens with zero attached hydrogens (tertiary/aromatic N) is 1. The van der Waals surface area contributed by atoms with Gasteiger partial charge in [-0.3, -0.25) is 9.59 Å². The number of carbonyl (C=O) groups excluding carboxylic acids is 2. The Hall–Kier alpha value is -6.58. The van der Waals surface area contributed by atoms with Crippen molar-refractivity contribution >= 4 is 55.9 Å². The number of aldehydes is 2. The summed E-state index contributed by atoms with van der Waals surface area (Å²) >= 11 is 0. The van der Waals surface area contributed by atoms with E-state index in [1.54, 1.807) is 0 Å². The highest BCUT2D eigenvalue weighted by Crippen LogP contribution is 2.46. The van der Waals surface area contributed by atoms with Crippen molar-refractivity contribution in [2.75, 3.05) is 0 Å². The quantitative estimate of drug-likeness (QED) is 0.136. The largest absolute Gasteiger partial charge is 0.308 e. The molecule has 0 aliphatic rings. The van der Waals surface area contributed by atoms with Gasteiger partial charge in [0.1, 0.15) is 12.6 Å². The van der Waals surface area contributed by atoms with Crippen molar-refractivity contribution < 1.29 is 9.59 Å². The fourth-order valence-electron chi connectivity index (χ4n) is 7.43. The predicted molar refractivity (Wildman–Crippen MR) is 203 cm³/mol. The molecular weight excluding hydrogens is 599 g/mol. The molecule has 230 valence electrons. The standard InChI is InChI=1S/C46H29NO2/c48-28-30-16-22-43-39(24-30)40-25-31(29-49)17-23-44(40)47(43)46-38-21-19-35(32-10-4-1-5-11-32)26-41(38)45(34-14-8-3-9-15-34)37-20-18-36(27-42(37)46)33-12-6-2-7-13-33/h1-29H. The van der Waals surface area contributed by atoms with Crippen LogP contribution in [0.1, 0.15) is 20.7 Å². The fourth-order valence-corrected chi connectivity index (χ4v) is 7.43. The molecule has 9 aromatic rings. The van der Waals surface area contributed by atoms with Gasteiger partial charge in [-0.2, -0.15) is 0 Å². The maximum absolute atomic E-state index is 12.0. The zero-order valence-corrected chi connectivity index (χ0v) is 26.5. The molecule has 3 heteroatoms. The first kappa shape index (κ1) is 28.6. The highest BCUT2D eigenvalue weighted by atomic mass is 16.1. The lowest BCUT2D eigenvalue weighted by molar-refractivity contribution is 0.111. The Labute approximate surface area is 283 Å². The van der Waals surface area contributed by atoms with E-state index >= 15 is 0 Å². The van der Waals surface area contributed by atoms with Gasteiger partial charge in [-0.05, 0) is 92.7 Å². The summed E-state index contributed by atoms with van der Waals surface area (Å²) in [6.07, 6.45) is 1.76. The fraction of sp³-hybridized carbons (Fsp3) is 0. The summed E-state index contributed by atoms with van der Waals surface area (Å²) in [6, 6.07) is 56.9. The number of carbonyl (C=O) groups is 2. The Morgan fingerprint density at radius 1 is 0.347 bits per heavy atom. The van der Waals surface area contributed by atoms with Crippen LogP contribution >= 0.6 is 0 Å². The average Bonchev–Trinajstić information content (AvgIpc) is 3.49. The Morgan fingerprint density at radius 3 is 1.33 bits per heavy atom. The van der Waals surface area contributed by atoms with Gasteiger partial charge in [0.25, 0.3) is 0 Å². The maximum Gasteiger partial charge on any atom is 0.150 e. The van der Waals surface area contributed by atoms with Gasteiger partial charge in [-0.1, -0.05) is 115 Å². The van der Waals surface area contributed by atoms with Gasteiger partial charge in [0.2, 0.25) is 0 Å². The Balaban J connectivity index is 1.50. The first-order valence-electron chi connectivity index (χ1n) is 16.4. The van der Waals surface area contributed by atoms with Gasteiger partial charge in [-0.25, -0.2) is 0 Å². The third-order valence-electron chi connectivity index (χ3n) is 9.67. The van der Waals surface area contributed by atoms with Crippen LogP contribution in [0.15, 0.2) is 164 Å². The number of hydrogen-bond acceptors (Lipinski definition) is 2. The van der Waals surface area contributed by atoms with Gasteiger partial charge in [0.15, 0.2) is 0 Å². The first-order valence-corrected chi connectivity index (χ1v) is 16.4. The Morgan fingerprint density at radius 2 is 0.816 bits per heavy atom. The van der Waals surface area contributed by atoms with Crippen LogP contribution in [0.25, 0.3) is 82.4 Å². The molecule has 0 bridgehead atoms. The zero-order valence-electron chi connectivity index (χ0n) is 26.5. The number of fused-ring (bicyclic) bond motifs is 5. The van der Waals surface area contributed by atoms with Gasteiger partial charge >= 0.3 is 0 Å². The molecule has 0 saturated heterocycles. The smallest absolute Gasteiger partial charge is 0.150 e. The molecule has 9 rings (SSSR count). The molecule has 0 N–H and O–H groups in total. The zero-order chi connectivity index (χ0) is 32.9. The van der Waals surface area contributed by atoms with E-state index in [9.17, 15) is 9.59 Å². The van der Waals surface area contributed by atoms with Gasteiger partial charge in [-0.15, -0.1) is 0 Å². The molecule has 0 amide bonds. The molecule has 0 spiro atoms. The average molecular weight is 628 g/mol. The number of rotatable bonds is 6. The molecular formula is C46H29NO2. The van der Waals surface area contributed by atoms with E-state index in [4.69, 9.17) is 0 Å². The topological polar surface area (TPSA) is 39.1 Å². The Bertz CT molecular complexity index is 2660. The summed E-state index contributed by atoms with van der Waals surface area (Å²) in [7, 11) is 0. The van der Waals surface area contributed by atoms with Crippen molar-refractivity contribution in [3.05, 3.63) is 175 Å². The van der Waals surface area contributed by atoms with Crippen LogP contribution in [-0.2, 0) is 0 Å². The van der Waals surface area contributed by atoms with Gasteiger partial charge < -0.3 is 4.57 Å². The second-order valence-corrected chi connectivity index (χ2v) is 12.5. The van der Waals surface area contributed by atoms with Crippen LogP contribution in [0, 0.1) is 0 Å². The molecule has 49 heavy (non-hydrogen) atoms. The van der Waals surface area contributed by atoms with E-state index in [1.165, 1.54) is 5.56 Å². The van der Waals surface area contributed by atoms with E-state index in [2.05, 4.69) is 120 Å². The minimum Gasteiger partial charge on any atom is -0.308 e. The van der Waals surface area contributed by atoms with Crippen molar-refractivity contribution in [1.29, 1.82) is 0 Å². The molecule has 0 atom stereocenters.